The van der Waals surface area contributed by atoms with Gasteiger partial charge in [-0.15, -0.1) is 11.3 Å². The molecule has 0 saturated heterocycles. The molecular formula is C18H18N5S+. The Morgan fingerprint density at radius 1 is 1.29 bits per heavy atom. The lowest BCUT2D eigenvalue weighted by Gasteiger charge is -2.45. The first-order valence-electron chi connectivity index (χ1n) is 7.87. The fraction of sp³-hybridized carbons (Fsp3) is 0.444. The van der Waals surface area contributed by atoms with E-state index in [1.807, 2.05) is 25.1 Å². The zero-order valence-corrected chi connectivity index (χ0v) is 14.4. The number of nitrogens with one attached hydrogen (secondary N) is 2. The molecule has 4 atom stereocenters. The van der Waals surface area contributed by atoms with Gasteiger partial charge < -0.3 is 10.3 Å². The van der Waals surface area contributed by atoms with Gasteiger partial charge in [0.05, 0.1) is 44.1 Å². The van der Waals surface area contributed by atoms with Crippen LogP contribution in [0.5, 0.6) is 0 Å². The minimum Gasteiger partial charge on any atom is -0.334 e. The van der Waals surface area contributed by atoms with Crippen LogP contribution in [-0.4, -0.2) is 25.8 Å². The van der Waals surface area contributed by atoms with Crippen LogP contribution in [0.3, 0.4) is 0 Å². The summed E-state index contributed by atoms with van der Waals surface area (Å²) in [6.45, 7) is 3.57. The van der Waals surface area contributed by atoms with Gasteiger partial charge in [-0.1, -0.05) is 0 Å². The van der Waals surface area contributed by atoms with Gasteiger partial charge in [0.1, 0.15) is 5.92 Å². The highest BCUT2D eigenvalue weighted by atomic mass is 32.1. The third-order valence-electron chi connectivity index (χ3n) is 5.15. The maximum absolute atomic E-state index is 9.88. The quantitative estimate of drug-likeness (QED) is 0.759. The van der Waals surface area contributed by atoms with E-state index >= 15 is 0 Å². The van der Waals surface area contributed by atoms with E-state index in [-0.39, 0.29) is 17.5 Å². The van der Waals surface area contributed by atoms with E-state index in [0.717, 1.165) is 28.4 Å². The average Bonchev–Trinajstić information content (AvgIpc) is 3.00. The molecule has 120 valence electrons. The fourth-order valence-corrected chi connectivity index (χ4v) is 5.09. The Labute approximate surface area is 145 Å². The first-order valence-corrected chi connectivity index (χ1v) is 8.68. The Hall–Kier alpha value is -2.46. The second kappa shape index (κ2) is 5.87. The lowest BCUT2D eigenvalue weighted by atomic mass is 9.55. The monoisotopic (exact) mass is 336 g/mol. The van der Waals surface area contributed by atoms with Crippen molar-refractivity contribution < 1.29 is 4.90 Å². The number of fused-ring (bicyclic) bond motifs is 1. The van der Waals surface area contributed by atoms with Crippen molar-refractivity contribution in [3.8, 4) is 18.2 Å². The van der Waals surface area contributed by atoms with Crippen molar-refractivity contribution in [1.82, 2.24) is 0 Å². The zero-order chi connectivity index (χ0) is 17.5. The molecular weight excluding hydrogens is 318 g/mol. The van der Waals surface area contributed by atoms with Gasteiger partial charge in [-0.3, -0.25) is 0 Å². The summed E-state index contributed by atoms with van der Waals surface area (Å²) in [5, 5.41) is 37.8. The van der Waals surface area contributed by atoms with Crippen LogP contribution in [0.1, 0.15) is 15.7 Å². The van der Waals surface area contributed by atoms with Crippen LogP contribution >= 0.6 is 11.3 Å². The van der Waals surface area contributed by atoms with Gasteiger partial charge in [0.15, 0.2) is 5.41 Å². The summed E-state index contributed by atoms with van der Waals surface area (Å²) in [5.74, 6) is -1.21. The Bertz CT molecular complexity index is 830. The van der Waals surface area contributed by atoms with Crippen LogP contribution in [0.4, 0.5) is 0 Å². The van der Waals surface area contributed by atoms with Gasteiger partial charge in [0.25, 0.3) is 0 Å². The van der Waals surface area contributed by atoms with Crippen LogP contribution < -0.4 is 4.90 Å². The average molecular weight is 336 g/mol. The van der Waals surface area contributed by atoms with Crippen LogP contribution in [0, 0.1) is 63.6 Å². The molecule has 0 bridgehead atoms. The molecule has 0 spiro atoms. The van der Waals surface area contributed by atoms with E-state index in [9.17, 15) is 15.8 Å². The first kappa shape index (κ1) is 16.4. The van der Waals surface area contributed by atoms with Crippen LogP contribution in [-0.2, 0) is 0 Å². The van der Waals surface area contributed by atoms with Crippen molar-refractivity contribution in [2.24, 2.45) is 17.3 Å². The van der Waals surface area contributed by atoms with Crippen molar-refractivity contribution in [2.45, 2.75) is 12.8 Å². The predicted molar refractivity (Wildman–Crippen MR) is 90.5 cm³/mol. The lowest BCUT2D eigenvalue weighted by molar-refractivity contribution is -0.878. The highest BCUT2D eigenvalue weighted by Gasteiger charge is 2.58. The number of likely N-dealkylation sites (N-methyl/N-ethyl adjacent to an activating group) is 1. The molecule has 1 aromatic rings. The minimum absolute atomic E-state index is 0.0603. The summed E-state index contributed by atoms with van der Waals surface area (Å²) in [5.41, 5.74) is -0.712. The number of thiophene rings is 1. The molecule has 0 aromatic carbocycles. The first-order chi connectivity index (χ1) is 11.5. The number of nitrogens with zero attached hydrogens (tertiary/aromatic N) is 3. The van der Waals surface area contributed by atoms with Crippen molar-refractivity contribution in [3.05, 3.63) is 33.5 Å². The Morgan fingerprint density at radius 3 is 2.54 bits per heavy atom. The highest BCUT2D eigenvalue weighted by molar-refractivity contribution is 7.12. The summed E-state index contributed by atoms with van der Waals surface area (Å²) in [7, 11) is 2.08. The van der Waals surface area contributed by atoms with Crippen LogP contribution in [0.15, 0.2) is 23.8 Å². The van der Waals surface area contributed by atoms with Crippen molar-refractivity contribution in [3.63, 3.8) is 0 Å². The number of quaternary nitrogens is 1. The standard InChI is InChI=1S/C18H17N5S/c1-11-3-4-15(24-11)16-14-8-23(2)6-5-12(14)13(7-19)17(22)18(16,9-20)10-21/h3-5,13-14,16,22H,6,8H2,1-2H3/p+1/t13-,14+,16-/m1/s1. The molecule has 5 nitrogen and oxygen atoms in total. The van der Waals surface area contributed by atoms with E-state index < -0.39 is 11.3 Å². The Balaban J connectivity index is 2.26. The molecule has 2 N–H and O–H groups in total. The molecule has 2 heterocycles. The predicted octanol–water partition coefficient (Wildman–Crippen LogP) is 1.42. The van der Waals surface area contributed by atoms with E-state index in [0.29, 0.717) is 0 Å². The summed E-state index contributed by atoms with van der Waals surface area (Å²) in [6.07, 6.45) is 2.04. The maximum Gasteiger partial charge on any atom is 0.190 e. The molecule has 1 aliphatic carbocycles. The normalized spacial score (nSPS) is 31.1. The maximum atomic E-state index is 9.88. The second-order valence-corrected chi connectivity index (χ2v) is 7.93. The number of rotatable bonds is 1. The van der Waals surface area contributed by atoms with E-state index in [4.69, 9.17) is 5.41 Å². The molecule has 3 rings (SSSR count). The molecule has 1 fully saturated rings. The third-order valence-corrected chi connectivity index (χ3v) is 6.23. The molecule has 0 amide bonds. The molecule has 1 saturated carbocycles. The van der Waals surface area contributed by atoms with E-state index in [2.05, 4.69) is 25.3 Å². The van der Waals surface area contributed by atoms with Gasteiger partial charge in [0, 0.05) is 21.6 Å². The summed E-state index contributed by atoms with van der Waals surface area (Å²) < 4.78 is 0. The number of hydrogen-bond donors (Lipinski definition) is 2. The number of aryl methyl sites for hydroxylation is 1. The second-order valence-electron chi connectivity index (χ2n) is 6.61. The largest absolute Gasteiger partial charge is 0.334 e. The lowest BCUT2D eigenvalue weighted by Crippen LogP contribution is -3.10. The van der Waals surface area contributed by atoms with Gasteiger partial charge in [-0.25, -0.2) is 0 Å². The van der Waals surface area contributed by atoms with Gasteiger partial charge in [-0.05, 0) is 30.7 Å². The van der Waals surface area contributed by atoms with E-state index in [1.54, 1.807) is 11.3 Å². The SMILES string of the molecule is Cc1ccc([C@H]2[C@H]3C[NH+](C)CC=C3[C@@H](C#N)C(=N)C2(C#N)C#N)s1. The molecule has 0 radical (unpaired) electrons. The van der Waals surface area contributed by atoms with Gasteiger partial charge >= 0.3 is 0 Å². The fourth-order valence-electron chi connectivity index (χ4n) is 3.98. The van der Waals surface area contributed by atoms with Crippen molar-refractivity contribution in [2.75, 3.05) is 20.1 Å². The zero-order valence-electron chi connectivity index (χ0n) is 13.6. The molecule has 24 heavy (non-hydrogen) atoms. The smallest absolute Gasteiger partial charge is 0.190 e. The van der Waals surface area contributed by atoms with E-state index in [1.165, 1.54) is 4.90 Å². The molecule has 1 unspecified atom stereocenters. The summed E-state index contributed by atoms with van der Waals surface area (Å²) in [4.78, 5) is 3.37. The van der Waals surface area contributed by atoms with Crippen molar-refractivity contribution in [1.29, 1.82) is 21.2 Å². The Morgan fingerprint density at radius 2 is 2.00 bits per heavy atom. The highest BCUT2D eigenvalue weighted by Crippen LogP contribution is 2.53. The summed E-state index contributed by atoms with van der Waals surface area (Å²) in [6, 6.07) is 10.4. The van der Waals surface area contributed by atoms with Crippen LogP contribution in [0.2, 0.25) is 0 Å². The topological polar surface area (TPSA) is 99.7 Å². The minimum atomic E-state index is -1.57. The molecule has 1 aromatic heterocycles. The molecule has 1 aliphatic heterocycles. The molecule has 2 aliphatic rings. The van der Waals surface area contributed by atoms with Crippen LogP contribution in [0.25, 0.3) is 0 Å². The number of hydrogen-bond acceptors (Lipinski definition) is 5. The third kappa shape index (κ3) is 2.18. The summed E-state index contributed by atoms with van der Waals surface area (Å²) >= 11 is 1.58. The number of nitriles is 3. The van der Waals surface area contributed by atoms with Gasteiger partial charge in [-0.2, -0.15) is 15.8 Å². The van der Waals surface area contributed by atoms with Crippen molar-refractivity contribution >= 4 is 17.0 Å². The Kier molecular flexibility index (Phi) is 4.01. The van der Waals surface area contributed by atoms with Gasteiger partial charge in [0.2, 0.25) is 0 Å². The molecule has 6 heteroatoms.